The summed E-state index contributed by atoms with van der Waals surface area (Å²) < 4.78 is 10.5. The molecule has 1 atom stereocenters. The van der Waals surface area contributed by atoms with Crippen molar-refractivity contribution in [3.63, 3.8) is 0 Å². The molecule has 0 bridgehead atoms. The average molecular weight is 347 g/mol. The van der Waals surface area contributed by atoms with E-state index in [1.165, 1.54) is 18.4 Å². The Bertz CT molecular complexity index is 748. The molecule has 1 aromatic heterocycles. The number of carbonyl (C=O) groups excluding carboxylic acids is 2. The van der Waals surface area contributed by atoms with Gasteiger partial charge >= 0.3 is 0 Å². The number of thiazole rings is 1. The molecule has 1 saturated heterocycles. The summed E-state index contributed by atoms with van der Waals surface area (Å²) in [4.78, 5) is 30.3. The number of aromatic nitrogens is 1. The summed E-state index contributed by atoms with van der Waals surface area (Å²) in [6.45, 7) is 0.304. The van der Waals surface area contributed by atoms with E-state index in [4.69, 9.17) is 9.47 Å². The van der Waals surface area contributed by atoms with Gasteiger partial charge in [-0.1, -0.05) is 0 Å². The molecule has 126 valence electrons. The first kappa shape index (κ1) is 16.3. The summed E-state index contributed by atoms with van der Waals surface area (Å²) in [5.41, 5.74) is 0.632. The quantitative estimate of drug-likeness (QED) is 0.896. The molecule has 1 N–H and O–H groups in total. The van der Waals surface area contributed by atoms with Crippen LogP contribution in [0.1, 0.15) is 6.42 Å². The first-order valence-corrected chi connectivity index (χ1v) is 8.23. The molecule has 2 amide bonds. The van der Waals surface area contributed by atoms with E-state index >= 15 is 0 Å². The van der Waals surface area contributed by atoms with Crippen molar-refractivity contribution in [3.05, 3.63) is 29.8 Å². The van der Waals surface area contributed by atoms with Gasteiger partial charge in [0.1, 0.15) is 11.5 Å². The maximum atomic E-state index is 12.4. The normalized spacial score (nSPS) is 17.0. The van der Waals surface area contributed by atoms with Crippen LogP contribution in [0.3, 0.4) is 0 Å². The molecular formula is C16H17N3O4S. The van der Waals surface area contributed by atoms with Crippen molar-refractivity contribution in [3.8, 4) is 11.5 Å². The highest BCUT2D eigenvalue weighted by atomic mass is 32.1. The maximum absolute atomic E-state index is 12.4. The second-order valence-electron chi connectivity index (χ2n) is 5.27. The van der Waals surface area contributed by atoms with Crippen LogP contribution in [0.4, 0.5) is 10.8 Å². The van der Waals surface area contributed by atoms with Gasteiger partial charge in [0.25, 0.3) is 0 Å². The Hall–Kier alpha value is -2.61. The Morgan fingerprint density at radius 1 is 1.38 bits per heavy atom. The third kappa shape index (κ3) is 3.18. The van der Waals surface area contributed by atoms with Crippen LogP contribution < -0.4 is 19.7 Å². The van der Waals surface area contributed by atoms with Crippen LogP contribution in [0.5, 0.6) is 11.5 Å². The molecule has 1 aromatic carbocycles. The maximum Gasteiger partial charge on any atom is 0.231 e. The first-order chi connectivity index (χ1) is 11.6. The minimum absolute atomic E-state index is 0.113. The third-order valence-corrected chi connectivity index (χ3v) is 4.52. The topological polar surface area (TPSA) is 80.8 Å². The lowest BCUT2D eigenvalue weighted by molar-refractivity contribution is -0.122. The smallest absolute Gasteiger partial charge is 0.231 e. The van der Waals surface area contributed by atoms with Crippen molar-refractivity contribution >= 4 is 34.0 Å². The Morgan fingerprint density at radius 2 is 2.21 bits per heavy atom. The van der Waals surface area contributed by atoms with E-state index in [2.05, 4.69) is 10.3 Å². The number of ether oxygens (including phenoxy) is 2. The van der Waals surface area contributed by atoms with Crippen LogP contribution >= 0.6 is 11.3 Å². The lowest BCUT2D eigenvalue weighted by atomic mass is 10.1. The standard InChI is InChI=1S/C16H17N3O4S/c1-22-11-3-4-12(13(8-11)23-2)19-9-10(7-14(19)20)15(21)18-16-17-5-6-24-16/h3-6,8,10H,7,9H2,1-2H3,(H,17,18,21)/t10-/m1/s1. The predicted molar refractivity (Wildman–Crippen MR) is 90.7 cm³/mol. The van der Waals surface area contributed by atoms with E-state index in [-0.39, 0.29) is 18.2 Å². The molecule has 8 heteroatoms. The Kier molecular flexibility index (Phi) is 4.66. The highest BCUT2D eigenvalue weighted by molar-refractivity contribution is 7.13. The van der Waals surface area contributed by atoms with Crippen molar-refractivity contribution in [1.82, 2.24) is 4.98 Å². The van der Waals surface area contributed by atoms with Crippen LogP contribution in [0, 0.1) is 5.92 Å². The summed E-state index contributed by atoms with van der Waals surface area (Å²) in [5.74, 6) is 0.434. The van der Waals surface area contributed by atoms with Crippen molar-refractivity contribution in [1.29, 1.82) is 0 Å². The summed E-state index contributed by atoms with van der Waals surface area (Å²) in [5, 5.41) is 5.06. The molecular weight excluding hydrogens is 330 g/mol. The number of hydrogen-bond donors (Lipinski definition) is 1. The average Bonchev–Trinajstić information content (AvgIpc) is 3.23. The van der Waals surface area contributed by atoms with Crippen LogP contribution in [0.15, 0.2) is 29.8 Å². The molecule has 1 aliphatic rings. The minimum atomic E-state index is -0.423. The summed E-state index contributed by atoms with van der Waals surface area (Å²) >= 11 is 1.34. The zero-order valence-corrected chi connectivity index (χ0v) is 14.1. The van der Waals surface area contributed by atoms with Crippen molar-refractivity contribution in [2.24, 2.45) is 5.92 Å². The zero-order chi connectivity index (χ0) is 17.1. The molecule has 0 unspecified atom stereocenters. The van der Waals surface area contributed by atoms with E-state index in [0.29, 0.717) is 28.9 Å². The lowest BCUT2D eigenvalue weighted by Crippen LogP contribution is -2.28. The van der Waals surface area contributed by atoms with Gasteiger partial charge in [0.15, 0.2) is 5.13 Å². The molecule has 1 aliphatic heterocycles. The van der Waals surface area contributed by atoms with E-state index in [9.17, 15) is 9.59 Å². The highest BCUT2D eigenvalue weighted by Gasteiger charge is 2.36. The number of nitrogens with one attached hydrogen (secondary N) is 1. The van der Waals surface area contributed by atoms with Gasteiger partial charge in [-0.25, -0.2) is 4.98 Å². The number of rotatable bonds is 5. The molecule has 0 spiro atoms. The molecule has 0 aliphatic carbocycles. The zero-order valence-electron chi connectivity index (χ0n) is 13.3. The van der Waals surface area contributed by atoms with E-state index in [1.54, 1.807) is 41.8 Å². The van der Waals surface area contributed by atoms with Gasteiger partial charge in [0.2, 0.25) is 11.8 Å². The minimum Gasteiger partial charge on any atom is -0.497 e. The number of nitrogens with zero attached hydrogens (tertiary/aromatic N) is 2. The number of anilines is 2. The Balaban J connectivity index is 1.76. The number of amides is 2. The Morgan fingerprint density at radius 3 is 2.88 bits per heavy atom. The van der Waals surface area contributed by atoms with Gasteiger partial charge in [-0.15, -0.1) is 11.3 Å². The number of methoxy groups -OCH3 is 2. The first-order valence-electron chi connectivity index (χ1n) is 7.35. The second-order valence-corrected chi connectivity index (χ2v) is 6.16. The third-order valence-electron chi connectivity index (χ3n) is 3.84. The molecule has 2 heterocycles. The molecule has 1 fully saturated rings. The monoisotopic (exact) mass is 347 g/mol. The van der Waals surface area contributed by atoms with Crippen LogP contribution in [-0.2, 0) is 9.59 Å². The largest absolute Gasteiger partial charge is 0.497 e. The fourth-order valence-corrected chi connectivity index (χ4v) is 3.15. The lowest BCUT2D eigenvalue weighted by Gasteiger charge is -2.20. The summed E-state index contributed by atoms with van der Waals surface area (Å²) in [7, 11) is 3.10. The van der Waals surface area contributed by atoms with Gasteiger partial charge in [0, 0.05) is 30.6 Å². The van der Waals surface area contributed by atoms with Crippen molar-refractivity contribution in [2.75, 3.05) is 31.0 Å². The van der Waals surface area contributed by atoms with Crippen molar-refractivity contribution < 1.29 is 19.1 Å². The van der Waals surface area contributed by atoms with Gasteiger partial charge < -0.3 is 19.7 Å². The van der Waals surface area contributed by atoms with Crippen LogP contribution in [-0.4, -0.2) is 37.6 Å². The second kappa shape index (κ2) is 6.88. The molecule has 2 aromatic rings. The summed E-state index contributed by atoms with van der Waals surface area (Å²) in [6, 6.07) is 5.23. The van der Waals surface area contributed by atoms with E-state index < -0.39 is 5.92 Å². The van der Waals surface area contributed by atoms with Gasteiger partial charge in [0.05, 0.1) is 25.8 Å². The molecule has 0 saturated carbocycles. The van der Waals surface area contributed by atoms with Gasteiger partial charge in [-0.3, -0.25) is 9.59 Å². The van der Waals surface area contributed by atoms with Gasteiger partial charge in [-0.2, -0.15) is 0 Å². The van der Waals surface area contributed by atoms with Gasteiger partial charge in [-0.05, 0) is 12.1 Å². The fraction of sp³-hybridized carbons (Fsp3) is 0.312. The number of hydrogen-bond acceptors (Lipinski definition) is 6. The number of carbonyl (C=O) groups is 2. The van der Waals surface area contributed by atoms with Crippen LogP contribution in [0.25, 0.3) is 0 Å². The fourth-order valence-electron chi connectivity index (χ4n) is 2.62. The molecule has 0 radical (unpaired) electrons. The summed E-state index contributed by atoms with van der Waals surface area (Å²) in [6.07, 6.45) is 1.78. The molecule has 7 nitrogen and oxygen atoms in total. The number of benzene rings is 1. The van der Waals surface area contributed by atoms with E-state index in [1.807, 2.05) is 0 Å². The SMILES string of the molecule is COc1ccc(N2C[C@H](C(=O)Nc3nccs3)CC2=O)c(OC)c1. The van der Waals surface area contributed by atoms with Crippen LogP contribution in [0.2, 0.25) is 0 Å². The predicted octanol–water partition coefficient (Wildman–Crippen LogP) is 2.15. The van der Waals surface area contributed by atoms with E-state index in [0.717, 1.165) is 0 Å². The Labute approximate surface area is 143 Å². The van der Waals surface area contributed by atoms with Crippen molar-refractivity contribution in [2.45, 2.75) is 6.42 Å². The molecule has 24 heavy (non-hydrogen) atoms. The highest BCUT2D eigenvalue weighted by Crippen LogP contribution is 2.36. The molecule has 3 rings (SSSR count).